The van der Waals surface area contributed by atoms with Gasteiger partial charge in [0.25, 0.3) is 6.43 Å². The Morgan fingerprint density at radius 2 is 2.20 bits per heavy atom. The molecule has 3 rings (SSSR count). The minimum absolute atomic E-state index is 0.106. The zero-order chi connectivity index (χ0) is 17.8. The number of rotatable bonds is 8. The van der Waals surface area contributed by atoms with E-state index in [9.17, 15) is 8.78 Å². The van der Waals surface area contributed by atoms with E-state index < -0.39 is 6.43 Å². The van der Waals surface area contributed by atoms with Gasteiger partial charge < -0.3 is 15.6 Å². The summed E-state index contributed by atoms with van der Waals surface area (Å²) < 4.78 is 26.3. The number of hydrogen-bond acceptors (Lipinski definition) is 5. The van der Waals surface area contributed by atoms with Crippen LogP contribution in [-0.4, -0.2) is 28.0 Å². The molecule has 0 saturated carbocycles. The second-order valence-electron chi connectivity index (χ2n) is 5.55. The Morgan fingerprint density at radius 3 is 2.92 bits per heavy atom. The largest absolute Gasteiger partial charge is 0.356 e. The van der Waals surface area contributed by atoms with E-state index in [2.05, 4.69) is 41.5 Å². The fourth-order valence-corrected chi connectivity index (χ4v) is 4.23. The van der Waals surface area contributed by atoms with E-state index in [0.717, 1.165) is 46.8 Å². The maximum Gasteiger partial charge on any atom is 0.273 e. The maximum atomic E-state index is 12.9. The van der Waals surface area contributed by atoms with Crippen molar-refractivity contribution in [2.75, 3.05) is 18.4 Å². The van der Waals surface area contributed by atoms with E-state index in [1.54, 1.807) is 6.20 Å². The van der Waals surface area contributed by atoms with Gasteiger partial charge in [-0.1, -0.05) is 0 Å². The first-order chi connectivity index (χ1) is 12.1. The molecule has 0 bridgehead atoms. The molecule has 0 radical (unpaired) electrons. The van der Waals surface area contributed by atoms with E-state index in [-0.39, 0.29) is 4.88 Å². The molecule has 0 unspecified atom stereocenters. The van der Waals surface area contributed by atoms with E-state index in [1.807, 2.05) is 19.1 Å². The van der Waals surface area contributed by atoms with Gasteiger partial charge in [0.05, 0.1) is 10.4 Å². The molecule has 3 aromatic heterocycles. The highest BCUT2D eigenvalue weighted by atomic mass is 79.9. The first-order valence-electron chi connectivity index (χ1n) is 7.87. The number of hydrogen-bond donors (Lipinski definition) is 3. The van der Waals surface area contributed by atoms with Crippen molar-refractivity contribution >= 4 is 44.4 Å². The van der Waals surface area contributed by atoms with Crippen LogP contribution in [0.25, 0.3) is 11.2 Å². The summed E-state index contributed by atoms with van der Waals surface area (Å²) in [5.41, 5.74) is 2.48. The van der Waals surface area contributed by atoms with E-state index in [0.29, 0.717) is 22.6 Å². The molecule has 9 heteroatoms. The van der Waals surface area contributed by atoms with Crippen LogP contribution in [0.1, 0.15) is 28.2 Å². The standard InChI is InChI=1S/C16H18BrF2N5S/c1-9-11(25-13(12(9)17)14(18)19)8-20-5-3-7-22-16-23-10-4-2-6-21-15(10)24-16/h2,4,6,14,20H,3,5,7-8H2,1H3,(H2,21,22,23,24). The summed E-state index contributed by atoms with van der Waals surface area (Å²) >= 11 is 4.41. The van der Waals surface area contributed by atoms with Gasteiger partial charge in [-0.3, -0.25) is 0 Å². The third kappa shape index (κ3) is 4.34. The van der Waals surface area contributed by atoms with E-state index in [1.165, 1.54) is 0 Å². The summed E-state index contributed by atoms with van der Waals surface area (Å²) in [5, 5.41) is 6.52. The van der Waals surface area contributed by atoms with Crippen molar-refractivity contribution in [2.45, 2.75) is 26.3 Å². The van der Waals surface area contributed by atoms with Gasteiger partial charge >= 0.3 is 0 Å². The number of pyridine rings is 1. The summed E-state index contributed by atoms with van der Waals surface area (Å²) in [6.45, 7) is 3.99. The molecule has 0 aliphatic carbocycles. The van der Waals surface area contributed by atoms with Gasteiger partial charge in [0.15, 0.2) is 5.65 Å². The normalized spacial score (nSPS) is 11.6. The average Bonchev–Trinajstić information content (AvgIpc) is 3.13. The predicted octanol–water partition coefficient (Wildman–Crippen LogP) is 4.62. The van der Waals surface area contributed by atoms with Crippen molar-refractivity contribution in [2.24, 2.45) is 0 Å². The number of thiophene rings is 1. The smallest absolute Gasteiger partial charge is 0.273 e. The van der Waals surface area contributed by atoms with Gasteiger partial charge in [-0.2, -0.15) is 4.98 Å². The third-order valence-electron chi connectivity index (χ3n) is 3.76. The van der Waals surface area contributed by atoms with Gasteiger partial charge in [-0.05, 0) is 53.5 Å². The van der Waals surface area contributed by atoms with E-state index >= 15 is 0 Å². The molecule has 0 aromatic carbocycles. The molecule has 134 valence electrons. The number of anilines is 1. The first-order valence-corrected chi connectivity index (χ1v) is 9.48. The number of aromatic amines is 1. The van der Waals surface area contributed by atoms with Crippen LogP contribution < -0.4 is 10.6 Å². The summed E-state index contributed by atoms with van der Waals surface area (Å²) in [6.07, 6.45) is 0.160. The average molecular weight is 430 g/mol. The van der Waals surface area contributed by atoms with Crippen molar-refractivity contribution in [1.29, 1.82) is 0 Å². The van der Waals surface area contributed by atoms with Gasteiger partial charge in [0.1, 0.15) is 0 Å². The first kappa shape index (κ1) is 18.2. The van der Waals surface area contributed by atoms with Crippen LogP contribution in [0.15, 0.2) is 22.8 Å². The number of aromatic nitrogens is 3. The maximum absolute atomic E-state index is 12.9. The SMILES string of the molecule is Cc1c(CNCCCNc2nc3ncccc3[nH]2)sc(C(F)F)c1Br. The quantitative estimate of drug-likeness (QED) is 0.457. The Bertz CT molecular complexity index is 815. The minimum Gasteiger partial charge on any atom is -0.356 e. The van der Waals surface area contributed by atoms with E-state index in [4.69, 9.17) is 0 Å². The Morgan fingerprint density at radius 1 is 1.36 bits per heavy atom. The van der Waals surface area contributed by atoms with Gasteiger partial charge in [-0.15, -0.1) is 11.3 Å². The van der Waals surface area contributed by atoms with Crippen LogP contribution in [0.3, 0.4) is 0 Å². The Kier molecular flexibility index (Phi) is 5.98. The molecular weight excluding hydrogens is 412 g/mol. The van der Waals surface area contributed by atoms with Crippen LogP contribution in [0.5, 0.6) is 0 Å². The third-order valence-corrected chi connectivity index (χ3v) is 6.34. The highest BCUT2D eigenvalue weighted by Gasteiger charge is 2.19. The van der Waals surface area contributed by atoms with Gasteiger partial charge in [0.2, 0.25) is 5.95 Å². The van der Waals surface area contributed by atoms with Crippen molar-refractivity contribution in [3.8, 4) is 0 Å². The fraction of sp³-hybridized carbons (Fsp3) is 0.375. The van der Waals surface area contributed by atoms with Crippen LogP contribution >= 0.6 is 27.3 Å². The lowest BCUT2D eigenvalue weighted by Crippen LogP contribution is -2.17. The van der Waals surface area contributed by atoms with Crippen molar-refractivity contribution in [3.63, 3.8) is 0 Å². The monoisotopic (exact) mass is 429 g/mol. The number of H-pyrrole nitrogens is 1. The molecule has 0 aliphatic rings. The highest BCUT2D eigenvalue weighted by Crippen LogP contribution is 2.38. The number of halogens is 3. The summed E-state index contributed by atoms with van der Waals surface area (Å²) in [4.78, 5) is 12.7. The molecule has 25 heavy (non-hydrogen) atoms. The molecule has 5 nitrogen and oxygen atoms in total. The Hall–Kier alpha value is -1.58. The summed E-state index contributed by atoms with van der Waals surface area (Å²) in [7, 11) is 0. The number of nitrogens with one attached hydrogen (secondary N) is 3. The molecular formula is C16H18BrF2N5S. The minimum atomic E-state index is -2.44. The van der Waals surface area contributed by atoms with Crippen LogP contribution in [0, 0.1) is 6.92 Å². The van der Waals surface area contributed by atoms with Crippen molar-refractivity contribution in [3.05, 3.63) is 38.1 Å². The Balaban J connectivity index is 1.41. The molecule has 0 spiro atoms. The molecule has 3 heterocycles. The highest BCUT2D eigenvalue weighted by molar-refractivity contribution is 9.10. The van der Waals surface area contributed by atoms with Crippen LogP contribution in [0.4, 0.5) is 14.7 Å². The number of alkyl halides is 2. The van der Waals surface area contributed by atoms with Crippen molar-refractivity contribution in [1.82, 2.24) is 20.3 Å². The lowest BCUT2D eigenvalue weighted by Gasteiger charge is -2.05. The van der Waals surface area contributed by atoms with Crippen LogP contribution in [0.2, 0.25) is 0 Å². The second kappa shape index (κ2) is 8.20. The van der Waals surface area contributed by atoms with Gasteiger partial charge in [-0.25, -0.2) is 13.8 Å². The molecule has 0 aliphatic heterocycles. The lowest BCUT2D eigenvalue weighted by atomic mass is 10.2. The zero-order valence-corrected chi connectivity index (χ0v) is 16.0. The number of fused-ring (bicyclic) bond motifs is 1. The number of nitrogens with zero attached hydrogens (tertiary/aromatic N) is 2. The molecule has 3 N–H and O–H groups in total. The fourth-order valence-electron chi connectivity index (χ4n) is 2.42. The van der Waals surface area contributed by atoms with Gasteiger partial charge in [0, 0.05) is 28.6 Å². The Labute approximate surface area is 156 Å². The summed E-state index contributed by atoms with van der Waals surface area (Å²) in [6, 6.07) is 3.79. The predicted molar refractivity (Wildman–Crippen MR) is 100 cm³/mol. The van der Waals surface area contributed by atoms with Crippen LogP contribution in [-0.2, 0) is 6.54 Å². The lowest BCUT2D eigenvalue weighted by molar-refractivity contribution is 0.155. The summed E-state index contributed by atoms with van der Waals surface area (Å²) in [5.74, 6) is 0.702. The number of imidazole rings is 1. The molecule has 0 amide bonds. The molecule has 0 saturated heterocycles. The van der Waals surface area contributed by atoms with Crippen molar-refractivity contribution < 1.29 is 8.78 Å². The molecule has 3 aromatic rings. The topological polar surface area (TPSA) is 65.6 Å². The second-order valence-corrected chi connectivity index (χ2v) is 7.48. The molecule has 0 fully saturated rings. The molecule has 0 atom stereocenters. The zero-order valence-electron chi connectivity index (χ0n) is 13.6.